The lowest BCUT2D eigenvalue weighted by Crippen LogP contribution is -2.34. The zero-order chi connectivity index (χ0) is 45.3. The smallest absolute Gasteiger partial charge is 0.384 e. The van der Waals surface area contributed by atoms with E-state index in [-0.39, 0.29) is 22.7 Å². The zero-order valence-electron chi connectivity index (χ0n) is 35.5. The summed E-state index contributed by atoms with van der Waals surface area (Å²) in [6, 6.07) is 26.1. The fraction of sp³-hybridized carbons (Fsp3) is 0.400. The Labute approximate surface area is 379 Å². The maximum atomic E-state index is 14.5. The Morgan fingerprint density at radius 2 is 1.61 bits per heavy atom. The van der Waals surface area contributed by atoms with Crippen LogP contribution in [-0.2, 0) is 19.9 Å². The Balaban J connectivity index is 1.24. The Hall–Kier alpha value is -3.70. The number of anilines is 2. The molecule has 62 heavy (non-hydrogen) atoms. The molecular weight excluding hydrogens is 896 g/mol. The van der Waals surface area contributed by atoms with Crippen LogP contribution in [0.15, 0.2) is 117 Å². The molecule has 0 saturated heterocycles. The number of carbonyl (C=O) groups is 1. The lowest BCUT2D eigenvalue weighted by molar-refractivity contribution is 0.0981. The van der Waals surface area contributed by atoms with Gasteiger partial charge in [0.25, 0.3) is 25.8 Å². The molecule has 4 N–H and O–H groups in total. The molecule has 17 heteroatoms. The summed E-state index contributed by atoms with van der Waals surface area (Å²) in [6.07, 6.45) is 3.59. The Kier molecular flexibility index (Phi) is 17.0. The topological polar surface area (TPSA) is 137 Å². The van der Waals surface area contributed by atoms with E-state index in [4.69, 9.17) is 23.2 Å². The number of hydrogen-bond donors (Lipinski definition) is 4. The molecule has 1 amide bonds. The molecule has 0 aromatic heterocycles. The number of benzene rings is 4. The minimum atomic E-state index is -5.61. The van der Waals surface area contributed by atoms with Crippen LogP contribution >= 0.6 is 35.0 Å². The second-order valence-electron chi connectivity index (χ2n) is 16.5. The van der Waals surface area contributed by atoms with E-state index in [1.807, 2.05) is 68.1 Å². The minimum Gasteiger partial charge on any atom is -0.384 e. The van der Waals surface area contributed by atoms with Crippen LogP contribution in [0.25, 0.3) is 5.57 Å². The van der Waals surface area contributed by atoms with Crippen molar-refractivity contribution in [1.82, 2.24) is 14.9 Å². The van der Waals surface area contributed by atoms with Crippen molar-refractivity contribution in [1.29, 1.82) is 0 Å². The number of allylic oxidation sites excluding steroid dienone is 1. The largest absolute Gasteiger partial charge is 0.427 e. The van der Waals surface area contributed by atoms with Gasteiger partial charge in [-0.25, -0.2) is 21.6 Å². The van der Waals surface area contributed by atoms with Crippen molar-refractivity contribution < 1.29 is 30.4 Å². The van der Waals surface area contributed by atoms with E-state index in [2.05, 4.69) is 46.8 Å². The first-order valence-electron chi connectivity index (χ1n) is 20.3. The van der Waals surface area contributed by atoms with Crippen LogP contribution in [0.5, 0.6) is 0 Å². The molecule has 0 bridgehead atoms. The van der Waals surface area contributed by atoms with Gasteiger partial charge in [0.1, 0.15) is 0 Å². The molecule has 5 rings (SSSR count). The highest BCUT2D eigenvalue weighted by atomic mass is 35.5. The first-order chi connectivity index (χ1) is 29.1. The van der Waals surface area contributed by atoms with E-state index >= 15 is 0 Å². The van der Waals surface area contributed by atoms with Gasteiger partial charge < -0.3 is 20.9 Å². The number of carbonyl (C=O) groups excluding carboxylic acids is 1. The third-order valence-corrected chi connectivity index (χ3v) is 15.7. The van der Waals surface area contributed by atoms with Gasteiger partial charge in [-0.2, -0.15) is 8.78 Å². The third kappa shape index (κ3) is 13.7. The van der Waals surface area contributed by atoms with Gasteiger partial charge >= 0.3 is 4.71 Å². The Morgan fingerprint density at radius 1 is 0.935 bits per heavy atom. The predicted octanol–water partition coefficient (Wildman–Crippen LogP) is 9.99. The maximum absolute atomic E-state index is 14.5. The summed E-state index contributed by atoms with van der Waals surface area (Å²) in [5, 5.41) is 10.6. The molecule has 4 aromatic carbocycles. The fourth-order valence-electron chi connectivity index (χ4n) is 6.98. The Bertz CT molecular complexity index is 2400. The van der Waals surface area contributed by atoms with Gasteiger partial charge in [-0.05, 0) is 141 Å². The average Bonchev–Trinajstić information content (AvgIpc) is 3.21. The number of nitrogens with zero attached hydrogens (tertiary/aromatic N) is 1. The first kappa shape index (κ1) is 49.3. The number of amides is 1. The molecule has 0 fully saturated rings. The van der Waals surface area contributed by atoms with E-state index < -0.39 is 46.3 Å². The average molecular weight is 951 g/mol. The number of halogens is 4. The van der Waals surface area contributed by atoms with Crippen molar-refractivity contribution in [3.63, 3.8) is 0 Å². The molecule has 1 aliphatic carbocycles. The van der Waals surface area contributed by atoms with Crippen LogP contribution in [0.3, 0.4) is 0 Å². The molecule has 0 radical (unpaired) electrons. The lowest BCUT2D eigenvalue weighted by atomic mass is 9.73. The zero-order valence-corrected chi connectivity index (χ0v) is 39.4. The number of nitrogens with one attached hydrogen (secondary N) is 4. The van der Waals surface area contributed by atoms with Crippen LogP contribution in [0, 0.1) is 5.41 Å². The van der Waals surface area contributed by atoms with E-state index in [1.54, 1.807) is 12.1 Å². The number of sulfone groups is 1. The number of hydrogen-bond acceptors (Lipinski definition) is 10. The monoisotopic (exact) mass is 949 g/mol. The molecule has 0 spiro atoms. The molecule has 1 atom stereocenters. The highest BCUT2D eigenvalue weighted by Gasteiger charge is 2.46. The van der Waals surface area contributed by atoms with Crippen molar-refractivity contribution >= 4 is 77.7 Å². The number of thioether (sulfide) groups is 1. The second kappa shape index (κ2) is 21.3. The molecule has 0 saturated carbocycles. The molecule has 0 aliphatic heterocycles. The first-order valence-corrected chi connectivity index (χ1v) is 25.0. The quantitative estimate of drug-likeness (QED) is 0.0363. The van der Waals surface area contributed by atoms with Crippen LogP contribution < -0.4 is 20.7 Å². The van der Waals surface area contributed by atoms with Gasteiger partial charge in [0, 0.05) is 65.2 Å². The van der Waals surface area contributed by atoms with E-state index in [0.717, 1.165) is 42.8 Å². The third-order valence-electron chi connectivity index (χ3n) is 10.8. The Morgan fingerprint density at radius 3 is 2.26 bits per heavy atom. The highest BCUT2D eigenvalue weighted by molar-refractivity contribution is 7.99. The summed E-state index contributed by atoms with van der Waals surface area (Å²) in [7, 11) is -8.43. The number of rotatable bonds is 21. The molecule has 1 aliphatic rings. The van der Waals surface area contributed by atoms with Crippen LogP contribution in [0.4, 0.5) is 20.2 Å². The van der Waals surface area contributed by atoms with Crippen LogP contribution in [0.1, 0.15) is 69.3 Å². The van der Waals surface area contributed by atoms with Gasteiger partial charge in [-0.1, -0.05) is 61.4 Å². The second-order valence-corrected chi connectivity index (χ2v) is 22.4. The summed E-state index contributed by atoms with van der Waals surface area (Å²) in [4.78, 5) is 14.5. The molecule has 4 aromatic rings. The van der Waals surface area contributed by atoms with Gasteiger partial charge in [0.15, 0.2) is 0 Å². The lowest BCUT2D eigenvalue weighted by Gasteiger charge is -2.34. The van der Waals surface area contributed by atoms with Crippen molar-refractivity contribution in [2.45, 2.75) is 84.9 Å². The predicted molar refractivity (Wildman–Crippen MR) is 250 cm³/mol. The standard InChI is InChI=1S/C45H55Cl2F2N5O5S3/c1-31(2)54(5)26-22-37(30-60-38-9-7-6-8-10-38)52-41-20-19-39(27-42(41)61(56,57)45(47,48)49)62(58,59)53-43(55)33-13-17-36(18-14-33)51-25-24-50-29-34-28-44(3,4)23-21-40(34)32-11-15-35(46)16-12-32/h6-20,27,31,37,50-52H,21-26,28-30H2,1-5H3,(H,53,55)/t37-/m1/s1. The molecule has 336 valence electrons. The summed E-state index contributed by atoms with van der Waals surface area (Å²) >= 11 is 12.7. The molecule has 0 unspecified atom stereocenters. The van der Waals surface area contributed by atoms with Crippen molar-refractivity contribution in [2.75, 3.05) is 49.6 Å². The summed E-state index contributed by atoms with van der Waals surface area (Å²) in [5.41, 5.74) is 4.58. The molecule has 0 heterocycles. The minimum absolute atomic E-state index is 0.00220. The van der Waals surface area contributed by atoms with Crippen LogP contribution in [-0.4, -0.2) is 83.4 Å². The van der Waals surface area contributed by atoms with Crippen molar-refractivity contribution in [2.24, 2.45) is 5.41 Å². The normalized spacial score (nSPS) is 15.1. The van der Waals surface area contributed by atoms with Crippen LogP contribution in [0.2, 0.25) is 5.02 Å². The highest BCUT2D eigenvalue weighted by Crippen LogP contribution is 2.42. The van der Waals surface area contributed by atoms with Gasteiger partial charge in [-0.3, -0.25) is 4.79 Å². The van der Waals surface area contributed by atoms with E-state index in [9.17, 15) is 30.4 Å². The molecule has 10 nitrogen and oxygen atoms in total. The van der Waals surface area contributed by atoms with Crippen molar-refractivity contribution in [3.8, 4) is 0 Å². The summed E-state index contributed by atoms with van der Waals surface area (Å²) in [6.45, 7) is 11.2. The van der Waals surface area contributed by atoms with Gasteiger partial charge in [0.05, 0.1) is 15.5 Å². The van der Waals surface area contributed by atoms with E-state index in [0.29, 0.717) is 48.6 Å². The number of alkyl halides is 3. The fourth-order valence-corrected chi connectivity index (χ4v) is 10.4. The maximum Gasteiger partial charge on any atom is 0.427 e. The summed E-state index contributed by atoms with van der Waals surface area (Å²) < 4.78 is 79.6. The molecular formula is C45H55Cl2F2N5O5S3. The van der Waals surface area contributed by atoms with E-state index in [1.165, 1.54) is 40.6 Å². The van der Waals surface area contributed by atoms with Crippen molar-refractivity contribution in [3.05, 3.63) is 119 Å². The van der Waals surface area contributed by atoms with Gasteiger partial charge in [0.2, 0.25) is 0 Å². The number of sulfonamides is 1. The summed E-state index contributed by atoms with van der Waals surface area (Å²) in [5.74, 6) is -0.572. The van der Waals surface area contributed by atoms with Gasteiger partial charge in [-0.15, -0.1) is 11.8 Å². The SMILES string of the molecule is CC(C)N(C)CC[C@H](CSc1ccccc1)Nc1ccc(S(=O)(=O)NC(=O)c2ccc(NCCNCC3=C(c4ccc(Cl)cc4)CCC(C)(C)C3)cc2)cc1S(=O)(=O)C(F)(F)Cl.